The molecule has 1 unspecified atom stereocenters. The number of aliphatic carboxylic acids is 1. The van der Waals surface area contributed by atoms with Crippen molar-refractivity contribution in [2.75, 3.05) is 13.1 Å². The molecule has 1 atom stereocenters. The third-order valence-electron chi connectivity index (χ3n) is 3.34. The molecule has 8 heteroatoms. The van der Waals surface area contributed by atoms with E-state index in [1.165, 1.54) is 6.07 Å². The maximum absolute atomic E-state index is 12.6. The molecule has 0 radical (unpaired) electrons. The second-order valence-corrected chi connectivity index (χ2v) is 7.35. The largest absolute Gasteiger partial charge is 0.481 e. The second kappa shape index (κ2) is 5.52. The Morgan fingerprint density at radius 2 is 2.05 bits per heavy atom. The number of benzene rings is 1. The van der Waals surface area contributed by atoms with Crippen molar-refractivity contribution < 1.29 is 18.3 Å². The molecule has 0 bridgehead atoms. The zero-order valence-corrected chi connectivity index (χ0v) is 13.0. The van der Waals surface area contributed by atoms with Crippen molar-refractivity contribution >= 4 is 39.2 Å². The number of carboxylic acids is 1. The van der Waals surface area contributed by atoms with Gasteiger partial charge >= 0.3 is 5.97 Å². The first kappa shape index (κ1) is 15.6. The van der Waals surface area contributed by atoms with Crippen molar-refractivity contribution in [3.63, 3.8) is 0 Å². The first-order valence-electron chi connectivity index (χ1n) is 5.92. The molecule has 0 spiro atoms. The van der Waals surface area contributed by atoms with Gasteiger partial charge in [-0.2, -0.15) is 4.31 Å². The zero-order valence-electron chi connectivity index (χ0n) is 10.6. The molecule has 1 fully saturated rings. The fourth-order valence-electron chi connectivity index (χ4n) is 2.14. The van der Waals surface area contributed by atoms with Crippen LogP contribution in [0.15, 0.2) is 17.0 Å². The summed E-state index contributed by atoms with van der Waals surface area (Å²) in [6.07, 6.45) is 0.287. The normalized spacial score (nSPS) is 20.2. The second-order valence-electron chi connectivity index (χ2n) is 4.69. The monoisotopic (exact) mass is 337 g/mol. The maximum Gasteiger partial charge on any atom is 0.307 e. The van der Waals surface area contributed by atoms with Crippen LogP contribution in [0.2, 0.25) is 10.0 Å². The Labute approximate surface area is 127 Å². The van der Waals surface area contributed by atoms with E-state index >= 15 is 0 Å². The molecule has 0 saturated carbocycles. The zero-order chi connectivity index (χ0) is 15.1. The van der Waals surface area contributed by atoms with Crippen LogP contribution in [-0.4, -0.2) is 36.9 Å². The molecule has 1 heterocycles. The van der Waals surface area contributed by atoms with Gasteiger partial charge < -0.3 is 5.11 Å². The minimum absolute atomic E-state index is 0.0411. The third-order valence-corrected chi connectivity index (χ3v) is 6.32. The van der Waals surface area contributed by atoms with Crippen LogP contribution in [0.5, 0.6) is 0 Å². The molecule has 20 heavy (non-hydrogen) atoms. The summed E-state index contributed by atoms with van der Waals surface area (Å²) in [5.41, 5.74) is 0.601. The quantitative estimate of drug-likeness (QED) is 0.918. The third kappa shape index (κ3) is 2.65. The predicted octanol–water partition coefficient (Wildman–Crippen LogP) is 2.40. The van der Waals surface area contributed by atoms with Gasteiger partial charge in [-0.25, -0.2) is 8.42 Å². The van der Waals surface area contributed by atoms with Gasteiger partial charge in [0.15, 0.2) is 0 Å². The van der Waals surface area contributed by atoms with Gasteiger partial charge in [-0.15, -0.1) is 0 Å². The molecule has 1 aliphatic heterocycles. The highest BCUT2D eigenvalue weighted by molar-refractivity contribution is 7.89. The van der Waals surface area contributed by atoms with Gasteiger partial charge in [0.1, 0.15) is 4.90 Å². The Morgan fingerprint density at radius 1 is 1.40 bits per heavy atom. The fraction of sp³-hybridized carbons (Fsp3) is 0.417. The first-order chi connectivity index (χ1) is 9.25. The molecule has 0 aromatic heterocycles. The molecule has 0 aliphatic carbocycles. The van der Waals surface area contributed by atoms with Crippen molar-refractivity contribution in [1.82, 2.24) is 4.31 Å². The van der Waals surface area contributed by atoms with Crippen LogP contribution in [-0.2, 0) is 14.8 Å². The molecule has 1 N–H and O–H groups in total. The van der Waals surface area contributed by atoms with E-state index in [1.54, 1.807) is 13.0 Å². The molecule has 110 valence electrons. The Kier molecular flexibility index (Phi) is 4.30. The van der Waals surface area contributed by atoms with Crippen molar-refractivity contribution in [3.8, 4) is 0 Å². The molecular formula is C12H13Cl2NO4S. The summed E-state index contributed by atoms with van der Waals surface area (Å²) in [6, 6.07) is 3.11. The smallest absolute Gasteiger partial charge is 0.307 e. The van der Waals surface area contributed by atoms with Crippen LogP contribution in [0.3, 0.4) is 0 Å². The Morgan fingerprint density at radius 3 is 2.60 bits per heavy atom. The fourth-order valence-corrected chi connectivity index (χ4v) is 4.78. The summed E-state index contributed by atoms with van der Waals surface area (Å²) in [6.45, 7) is 1.78. The van der Waals surface area contributed by atoms with Gasteiger partial charge in [-0.3, -0.25) is 4.79 Å². The van der Waals surface area contributed by atoms with Crippen LogP contribution >= 0.6 is 23.2 Å². The average Bonchev–Trinajstić information content (AvgIpc) is 2.84. The molecule has 2 rings (SSSR count). The van der Waals surface area contributed by atoms with E-state index in [0.29, 0.717) is 5.56 Å². The molecule has 5 nitrogen and oxygen atoms in total. The van der Waals surface area contributed by atoms with Crippen molar-refractivity contribution in [2.45, 2.75) is 18.2 Å². The van der Waals surface area contributed by atoms with Gasteiger partial charge in [-0.1, -0.05) is 29.3 Å². The van der Waals surface area contributed by atoms with Crippen LogP contribution in [0.4, 0.5) is 0 Å². The summed E-state index contributed by atoms with van der Waals surface area (Å²) >= 11 is 12.0. The summed E-state index contributed by atoms with van der Waals surface area (Å²) < 4.78 is 26.2. The lowest BCUT2D eigenvalue weighted by Crippen LogP contribution is -2.30. The van der Waals surface area contributed by atoms with Gasteiger partial charge in [0.05, 0.1) is 16.0 Å². The lowest BCUT2D eigenvalue weighted by atomic mass is 10.1. The predicted molar refractivity (Wildman–Crippen MR) is 75.7 cm³/mol. The van der Waals surface area contributed by atoms with E-state index in [2.05, 4.69) is 0 Å². The number of aryl methyl sites for hydroxylation is 1. The number of carbonyl (C=O) groups is 1. The van der Waals surface area contributed by atoms with E-state index < -0.39 is 21.9 Å². The number of halogens is 2. The van der Waals surface area contributed by atoms with Crippen LogP contribution < -0.4 is 0 Å². The number of rotatable bonds is 3. The Bertz CT molecular complexity index is 660. The topological polar surface area (TPSA) is 74.7 Å². The van der Waals surface area contributed by atoms with E-state index in [0.717, 1.165) is 4.31 Å². The van der Waals surface area contributed by atoms with E-state index in [1.807, 2.05) is 0 Å². The minimum Gasteiger partial charge on any atom is -0.481 e. The maximum atomic E-state index is 12.6. The van der Waals surface area contributed by atoms with Gasteiger partial charge in [0.25, 0.3) is 0 Å². The standard InChI is InChI=1S/C12H13Cl2NO4S/c1-7-2-3-9(13)11(10(7)14)20(18,19)15-5-4-8(6-15)12(16)17/h2-3,8H,4-6H2,1H3,(H,16,17). The SMILES string of the molecule is Cc1ccc(Cl)c(S(=O)(=O)N2CCC(C(=O)O)C2)c1Cl. The Balaban J connectivity index is 2.43. The Hall–Kier alpha value is -0.820. The number of sulfonamides is 1. The molecule has 0 amide bonds. The lowest BCUT2D eigenvalue weighted by Gasteiger charge is -2.18. The summed E-state index contributed by atoms with van der Waals surface area (Å²) in [4.78, 5) is 10.8. The first-order valence-corrected chi connectivity index (χ1v) is 8.12. The molecule has 1 aliphatic rings. The van der Waals surface area contributed by atoms with Gasteiger partial charge in [-0.05, 0) is 25.0 Å². The highest BCUT2D eigenvalue weighted by Gasteiger charge is 2.37. The number of hydrogen-bond donors (Lipinski definition) is 1. The van der Waals surface area contributed by atoms with E-state index in [9.17, 15) is 13.2 Å². The van der Waals surface area contributed by atoms with Gasteiger partial charge in [0, 0.05) is 13.1 Å². The highest BCUT2D eigenvalue weighted by Crippen LogP contribution is 2.35. The van der Waals surface area contributed by atoms with Crippen LogP contribution in [0.25, 0.3) is 0 Å². The van der Waals surface area contributed by atoms with Crippen molar-refractivity contribution in [1.29, 1.82) is 0 Å². The average molecular weight is 338 g/mol. The summed E-state index contributed by atoms with van der Waals surface area (Å²) in [7, 11) is -3.88. The lowest BCUT2D eigenvalue weighted by molar-refractivity contribution is -0.141. The minimum atomic E-state index is -3.88. The summed E-state index contributed by atoms with van der Waals surface area (Å²) in [5, 5.41) is 9.07. The molecule has 1 aromatic rings. The molecule has 1 aromatic carbocycles. The van der Waals surface area contributed by atoms with E-state index in [-0.39, 0.29) is 34.5 Å². The molecule has 1 saturated heterocycles. The van der Waals surface area contributed by atoms with Crippen LogP contribution in [0.1, 0.15) is 12.0 Å². The van der Waals surface area contributed by atoms with Crippen LogP contribution in [0, 0.1) is 12.8 Å². The number of hydrogen-bond acceptors (Lipinski definition) is 3. The molecular weight excluding hydrogens is 325 g/mol. The number of carboxylic acid groups (broad SMARTS) is 1. The number of nitrogens with zero attached hydrogens (tertiary/aromatic N) is 1. The highest BCUT2D eigenvalue weighted by atomic mass is 35.5. The van der Waals surface area contributed by atoms with Gasteiger partial charge in [0.2, 0.25) is 10.0 Å². The van der Waals surface area contributed by atoms with Crippen molar-refractivity contribution in [2.24, 2.45) is 5.92 Å². The van der Waals surface area contributed by atoms with E-state index in [4.69, 9.17) is 28.3 Å². The summed E-state index contributed by atoms with van der Waals surface area (Å²) in [5.74, 6) is -1.68. The van der Waals surface area contributed by atoms with Crippen molar-refractivity contribution in [3.05, 3.63) is 27.7 Å².